The van der Waals surface area contributed by atoms with Gasteiger partial charge in [0.1, 0.15) is 5.75 Å². The lowest BCUT2D eigenvalue weighted by Gasteiger charge is -2.35. The van der Waals surface area contributed by atoms with Gasteiger partial charge in [-0.15, -0.1) is 0 Å². The maximum Gasteiger partial charge on any atom is 0.263 e. The number of rotatable bonds is 4. The molecule has 1 aromatic carbocycles. The van der Waals surface area contributed by atoms with Gasteiger partial charge in [0.2, 0.25) is 5.95 Å². The summed E-state index contributed by atoms with van der Waals surface area (Å²) in [4.78, 5) is 25.0. The molecule has 0 saturated carbocycles. The van der Waals surface area contributed by atoms with Crippen LogP contribution in [0.2, 0.25) is 0 Å². The average Bonchev–Trinajstić information content (AvgIpc) is 2.64. The normalized spacial score (nSPS) is 15.9. The minimum absolute atomic E-state index is 0.00606. The maximum absolute atomic E-state index is 12.6. The van der Waals surface area contributed by atoms with Crippen LogP contribution in [0.25, 0.3) is 0 Å². The van der Waals surface area contributed by atoms with E-state index < -0.39 is 6.10 Å². The van der Waals surface area contributed by atoms with E-state index in [0.29, 0.717) is 24.8 Å². The predicted molar refractivity (Wildman–Crippen MR) is 95.1 cm³/mol. The fraction of sp³-hybridized carbons (Fsp3) is 0.353. The smallest absolute Gasteiger partial charge is 0.263 e. The monoisotopic (exact) mass is 390 g/mol. The van der Waals surface area contributed by atoms with Crippen molar-refractivity contribution in [3.05, 3.63) is 47.2 Å². The van der Waals surface area contributed by atoms with Crippen molar-refractivity contribution in [3.63, 3.8) is 0 Å². The molecule has 0 spiro atoms. The quantitative estimate of drug-likeness (QED) is 0.801. The van der Waals surface area contributed by atoms with Crippen LogP contribution >= 0.6 is 15.9 Å². The van der Waals surface area contributed by atoms with E-state index in [4.69, 9.17) is 4.74 Å². The van der Waals surface area contributed by atoms with E-state index in [2.05, 4.69) is 30.8 Å². The third kappa shape index (κ3) is 4.03. The fourth-order valence-corrected chi connectivity index (χ4v) is 2.87. The number of hydrogen-bond donors (Lipinski definition) is 0. The third-order valence-corrected chi connectivity index (χ3v) is 4.43. The Balaban J connectivity index is 1.53. The molecule has 2 heterocycles. The first-order chi connectivity index (χ1) is 11.6. The van der Waals surface area contributed by atoms with Crippen LogP contribution < -0.4 is 9.64 Å². The fourth-order valence-electron chi connectivity index (χ4n) is 2.61. The number of ether oxygens (including phenoxy) is 1. The van der Waals surface area contributed by atoms with Gasteiger partial charge in [-0.25, -0.2) is 9.97 Å². The average molecular weight is 391 g/mol. The Morgan fingerprint density at radius 3 is 2.38 bits per heavy atom. The van der Waals surface area contributed by atoms with Crippen molar-refractivity contribution >= 4 is 27.8 Å². The highest BCUT2D eigenvalue weighted by Gasteiger charge is 2.26. The lowest BCUT2D eigenvalue weighted by atomic mass is 10.2. The van der Waals surface area contributed by atoms with Gasteiger partial charge >= 0.3 is 0 Å². The van der Waals surface area contributed by atoms with Crippen LogP contribution in [0.4, 0.5) is 5.95 Å². The number of amides is 1. The molecule has 126 valence electrons. The molecule has 3 rings (SSSR count). The molecule has 1 atom stereocenters. The van der Waals surface area contributed by atoms with Gasteiger partial charge in [-0.3, -0.25) is 4.79 Å². The molecule has 24 heavy (non-hydrogen) atoms. The van der Waals surface area contributed by atoms with E-state index in [1.165, 1.54) is 0 Å². The molecule has 0 N–H and O–H groups in total. The third-order valence-electron chi connectivity index (χ3n) is 3.90. The Kier molecular flexibility index (Phi) is 5.30. The van der Waals surface area contributed by atoms with Gasteiger partial charge in [-0.05, 0) is 37.3 Å². The molecule has 0 aliphatic carbocycles. The van der Waals surface area contributed by atoms with Gasteiger partial charge in [0.25, 0.3) is 5.91 Å². The second-order valence-corrected chi connectivity index (χ2v) is 6.49. The number of benzene rings is 1. The zero-order valence-electron chi connectivity index (χ0n) is 13.4. The van der Waals surface area contributed by atoms with E-state index in [0.717, 1.165) is 17.6 Å². The van der Waals surface area contributed by atoms with Crippen molar-refractivity contribution in [2.45, 2.75) is 13.0 Å². The first kappa shape index (κ1) is 16.7. The Labute approximate surface area is 149 Å². The van der Waals surface area contributed by atoms with Gasteiger partial charge < -0.3 is 14.5 Å². The minimum atomic E-state index is -0.509. The summed E-state index contributed by atoms with van der Waals surface area (Å²) in [6.07, 6.45) is 2.95. The van der Waals surface area contributed by atoms with Gasteiger partial charge in [-0.2, -0.15) is 0 Å². The van der Waals surface area contributed by atoms with E-state index in [1.54, 1.807) is 25.4 Å². The predicted octanol–water partition coefficient (Wildman–Crippen LogP) is 2.36. The topological polar surface area (TPSA) is 58.6 Å². The number of carbonyl (C=O) groups excluding carboxylic acids is 1. The molecule has 1 aromatic heterocycles. The number of anilines is 1. The number of nitrogens with zero attached hydrogens (tertiary/aromatic N) is 4. The lowest BCUT2D eigenvalue weighted by Crippen LogP contribution is -2.52. The van der Waals surface area contributed by atoms with Crippen molar-refractivity contribution in [1.82, 2.24) is 14.9 Å². The summed E-state index contributed by atoms with van der Waals surface area (Å²) >= 11 is 3.38. The zero-order chi connectivity index (χ0) is 16.9. The SMILES string of the molecule is C[C@H](Oc1ccc(Br)cc1)C(=O)N1CCN(c2ncccn2)CC1. The standard InChI is InChI=1S/C17H19BrN4O2/c1-13(24-15-5-3-14(18)4-6-15)16(23)21-9-11-22(12-10-21)17-19-7-2-8-20-17/h2-8,13H,9-12H2,1H3/t13-/m0/s1. The Morgan fingerprint density at radius 2 is 1.75 bits per heavy atom. The molecule has 1 fully saturated rings. The molecule has 0 radical (unpaired) electrons. The van der Waals surface area contributed by atoms with Gasteiger partial charge in [-0.1, -0.05) is 15.9 Å². The number of hydrogen-bond acceptors (Lipinski definition) is 5. The second-order valence-electron chi connectivity index (χ2n) is 5.58. The summed E-state index contributed by atoms with van der Waals surface area (Å²) < 4.78 is 6.73. The van der Waals surface area contributed by atoms with Crippen LogP contribution in [0.5, 0.6) is 5.75 Å². The van der Waals surface area contributed by atoms with E-state index in [-0.39, 0.29) is 5.91 Å². The van der Waals surface area contributed by atoms with Gasteiger partial charge in [0, 0.05) is 43.0 Å². The molecular weight excluding hydrogens is 372 g/mol. The van der Waals surface area contributed by atoms with Crippen molar-refractivity contribution in [3.8, 4) is 5.75 Å². The van der Waals surface area contributed by atoms with Crippen molar-refractivity contribution in [2.75, 3.05) is 31.1 Å². The van der Waals surface area contributed by atoms with Crippen LogP contribution in [0.1, 0.15) is 6.92 Å². The van der Waals surface area contributed by atoms with Crippen LogP contribution in [0.3, 0.4) is 0 Å². The summed E-state index contributed by atoms with van der Waals surface area (Å²) in [7, 11) is 0. The summed E-state index contributed by atoms with van der Waals surface area (Å²) in [5.41, 5.74) is 0. The van der Waals surface area contributed by atoms with E-state index >= 15 is 0 Å². The molecule has 7 heteroatoms. The molecule has 1 aliphatic heterocycles. The molecule has 0 unspecified atom stereocenters. The molecule has 0 bridgehead atoms. The van der Waals surface area contributed by atoms with Crippen molar-refractivity contribution in [2.24, 2.45) is 0 Å². The van der Waals surface area contributed by atoms with Crippen LogP contribution in [0.15, 0.2) is 47.2 Å². The zero-order valence-corrected chi connectivity index (χ0v) is 15.0. The summed E-state index contributed by atoms with van der Waals surface area (Å²) in [6.45, 7) is 4.52. The number of carbonyl (C=O) groups is 1. The molecule has 6 nitrogen and oxygen atoms in total. The van der Waals surface area contributed by atoms with Crippen LogP contribution in [0, 0.1) is 0 Å². The Morgan fingerprint density at radius 1 is 1.12 bits per heavy atom. The van der Waals surface area contributed by atoms with E-state index in [1.807, 2.05) is 29.2 Å². The van der Waals surface area contributed by atoms with Gasteiger partial charge in [0.15, 0.2) is 6.10 Å². The van der Waals surface area contributed by atoms with Crippen molar-refractivity contribution < 1.29 is 9.53 Å². The van der Waals surface area contributed by atoms with E-state index in [9.17, 15) is 4.79 Å². The number of piperazine rings is 1. The highest BCUT2D eigenvalue weighted by Crippen LogP contribution is 2.18. The van der Waals surface area contributed by atoms with Crippen LogP contribution in [-0.4, -0.2) is 53.1 Å². The summed E-state index contributed by atoms with van der Waals surface area (Å²) in [6, 6.07) is 9.28. The van der Waals surface area contributed by atoms with Crippen molar-refractivity contribution in [1.29, 1.82) is 0 Å². The molecule has 1 amide bonds. The first-order valence-electron chi connectivity index (χ1n) is 7.86. The first-order valence-corrected chi connectivity index (χ1v) is 8.66. The molecular formula is C17H19BrN4O2. The number of aromatic nitrogens is 2. The summed E-state index contributed by atoms with van der Waals surface area (Å²) in [5.74, 6) is 1.41. The second kappa shape index (κ2) is 7.61. The maximum atomic E-state index is 12.6. The van der Waals surface area contributed by atoms with Crippen LogP contribution in [-0.2, 0) is 4.79 Å². The lowest BCUT2D eigenvalue weighted by molar-refractivity contribution is -0.138. The largest absolute Gasteiger partial charge is 0.481 e. The highest BCUT2D eigenvalue weighted by atomic mass is 79.9. The Hall–Kier alpha value is -2.15. The number of halogens is 1. The minimum Gasteiger partial charge on any atom is -0.481 e. The molecule has 1 saturated heterocycles. The Bertz CT molecular complexity index is 673. The molecule has 2 aromatic rings. The molecule has 1 aliphatic rings. The highest BCUT2D eigenvalue weighted by molar-refractivity contribution is 9.10. The van der Waals surface area contributed by atoms with Gasteiger partial charge in [0.05, 0.1) is 0 Å². The summed E-state index contributed by atoms with van der Waals surface area (Å²) in [5, 5.41) is 0.